The van der Waals surface area contributed by atoms with Crippen LogP contribution in [0.1, 0.15) is 62.0 Å². The zero-order valence-electron chi connectivity index (χ0n) is 24.8. The SMILES string of the molecule is COC(=O)[C@H]1[C@@H]2c3ccccc3N[C@@H](C3CCCCCCC3)[C@@]23N=C(Cc2ccc(OC)cc2)[C@]1(N1CCOCC1)O3. The van der Waals surface area contributed by atoms with Crippen molar-refractivity contribution in [3.63, 3.8) is 0 Å². The van der Waals surface area contributed by atoms with Crippen LogP contribution in [0.15, 0.2) is 53.5 Å². The van der Waals surface area contributed by atoms with E-state index in [2.05, 4.69) is 46.6 Å². The Kier molecular flexibility index (Phi) is 7.49. The van der Waals surface area contributed by atoms with Crippen LogP contribution in [0.4, 0.5) is 5.69 Å². The number of nitrogens with one attached hydrogen (secondary N) is 1. The van der Waals surface area contributed by atoms with Crippen molar-refractivity contribution in [2.45, 2.75) is 74.8 Å². The van der Waals surface area contributed by atoms with Gasteiger partial charge < -0.3 is 24.3 Å². The van der Waals surface area contributed by atoms with Gasteiger partial charge in [-0.05, 0) is 48.1 Å². The molecule has 4 aliphatic heterocycles. The summed E-state index contributed by atoms with van der Waals surface area (Å²) in [6.07, 6.45) is 9.13. The predicted molar refractivity (Wildman–Crippen MR) is 161 cm³/mol. The molecule has 1 spiro atoms. The predicted octanol–water partition coefficient (Wildman–Crippen LogP) is 5.17. The van der Waals surface area contributed by atoms with Gasteiger partial charge in [0.05, 0.1) is 45.1 Å². The summed E-state index contributed by atoms with van der Waals surface area (Å²) in [5, 5.41) is 3.96. The van der Waals surface area contributed by atoms with Crippen LogP contribution in [0.3, 0.4) is 0 Å². The molecule has 1 N–H and O–H groups in total. The highest BCUT2D eigenvalue weighted by atomic mass is 16.6. The average Bonchev–Trinajstić information content (AvgIpc) is 3.51. The van der Waals surface area contributed by atoms with E-state index in [1.807, 2.05) is 12.1 Å². The molecule has 2 bridgehead atoms. The molecule has 224 valence electrons. The minimum absolute atomic E-state index is 0.0426. The first-order valence-electron chi connectivity index (χ1n) is 15.8. The molecular weight excluding hydrogens is 530 g/mol. The Morgan fingerprint density at radius 1 is 1.00 bits per heavy atom. The maximum atomic E-state index is 14.1. The lowest BCUT2D eigenvalue weighted by molar-refractivity contribution is -0.177. The van der Waals surface area contributed by atoms with Crippen molar-refractivity contribution < 1.29 is 23.7 Å². The van der Waals surface area contributed by atoms with Gasteiger partial charge in [-0.3, -0.25) is 14.7 Å². The van der Waals surface area contributed by atoms with E-state index in [0.717, 1.165) is 41.1 Å². The fourth-order valence-corrected chi connectivity index (χ4v) is 8.50. The minimum Gasteiger partial charge on any atom is -0.497 e. The topological polar surface area (TPSA) is 81.6 Å². The molecule has 1 aliphatic carbocycles. The number of aliphatic imine (C=N–C) groups is 1. The summed E-state index contributed by atoms with van der Waals surface area (Å²) >= 11 is 0. The standard InChI is InChI=1S/C34H43N3O5/c1-39-25-16-14-23(15-17-25)22-28-34(37-18-20-41-21-19-37)30(32(38)40-2)29-26-12-8-9-13-27(26)35-31(33(29,36-28)42-34)24-10-6-4-3-5-7-11-24/h8-9,12-17,24,29-31,35H,3-7,10-11,18-22H2,1-2H3/t29-,30+,31-,33+,34-/m0/s1. The number of carbonyl (C=O) groups is 1. The molecule has 0 amide bonds. The van der Waals surface area contributed by atoms with Crippen molar-refractivity contribution in [3.05, 3.63) is 59.7 Å². The lowest BCUT2D eigenvalue weighted by Gasteiger charge is -2.48. The largest absolute Gasteiger partial charge is 0.497 e. The van der Waals surface area contributed by atoms with Gasteiger partial charge in [0.25, 0.3) is 0 Å². The normalized spacial score (nSPS) is 33.0. The van der Waals surface area contributed by atoms with Crippen LogP contribution in [0, 0.1) is 11.8 Å². The smallest absolute Gasteiger partial charge is 0.314 e. The van der Waals surface area contributed by atoms with E-state index >= 15 is 0 Å². The molecule has 8 heteroatoms. The van der Waals surface area contributed by atoms with E-state index in [4.69, 9.17) is 23.9 Å². The third kappa shape index (κ3) is 4.37. The van der Waals surface area contributed by atoms with Crippen LogP contribution in [-0.2, 0) is 25.4 Å². The van der Waals surface area contributed by atoms with Crippen molar-refractivity contribution in [1.82, 2.24) is 4.90 Å². The number of para-hydroxylation sites is 1. The molecule has 0 aromatic heterocycles. The van der Waals surface area contributed by atoms with Gasteiger partial charge in [0.1, 0.15) is 11.7 Å². The van der Waals surface area contributed by atoms with Crippen LogP contribution in [0.5, 0.6) is 5.75 Å². The zero-order valence-corrected chi connectivity index (χ0v) is 24.8. The van der Waals surface area contributed by atoms with Gasteiger partial charge in [-0.1, -0.05) is 62.4 Å². The average molecular weight is 574 g/mol. The van der Waals surface area contributed by atoms with E-state index < -0.39 is 17.4 Å². The lowest BCUT2D eigenvalue weighted by Crippen LogP contribution is -2.63. The van der Waals surface area contributed by atoms with Gasteiger partial charge in [-0.25, -0.2) is 0 Å². The maximum absolute atomic E-state index is 14.1. The number of morpholine rings is 1. The third-order valence-electron chi connectivity index (χ3n) is 10.4. The van der Waals surface area contributed by atoms with Crippen LogP contribution < -0.4 is 10.1 Å². The van der Waals surface area contributed by atoms with E-state index in [1.54, 1.807) is 7.11 Å². The highest BCUT2D eigenvalue weighted by Gasteiger charge is 2.77. The van der Waals surface area contributed by atoms with Crippen LogP contribution >= 0.6 is 0 Å². The van der Waals surface area contributed by atoms with Gasteiger partial charge in [0, 0.05) is 25.2 Å². The molecular formula is C34H43N3O5. The lowest BCUT2D eigenvalue weighted by atomic mass is 9.65. The Morgan fingerprint density at radius 3 is 2.43 bits per heavy atom. The van der Waals surface area contributed by atoms with Crippen molar-refractivity contribution in [2.24, 2.45) is 16.8 Å². The molecule has 7 rings (SSSR count). The number of hydrogen-bond donors (Lipinski definition) is 1. The highest BCUT2D eigenvalue weighted by molar-refractivity contribution is 6.02. The van der Waals surface area contributed by atoms with Gasteiger partial charge in [0.2, 0.25) is 0 Å². The Hall–Kier alpha value is -2.94. The van der Waals surface area contributed by atoms with E-state index in [0.29, 0.717) is 38.6 Å². The summed E-state index contributed by atoms with van der Waals surface area (Å²) in [5.74, 6) is 0.176. The molecule has 5 aliphatic rings. The molecule has 42 heavy (non-hydrogen) atoms. The summed E-state index contributed by atoms with van der Waals surface area (Å²) < 4.78 is 24.4. The maximum Gasteiger partial charge on any atom is 0.314 e. The summed E-state index contributed by atoms with van der Waals surface area (Å²) in [7, 11) is 3.19. The number of fused-ring (bicyclic) bond motifs is 3. The minimum atomic E-state index is -1.01. The third-order valence-corrected chi connectivity index (χ3v) is 10.4. The number of methoxy groups -OCH3 is 2. The number of rotatable bonds is 6. The van der Waals surface area contributed by atoms with Crippen molar-refractivity contribution in [2.75, 3.05) is 45.8 Å². The number of carbonyl (C=O) groups excluding carboxylic acids is 1. The summed E-state index contributed by atoms with van der Waals surface area (Å²) in [4.78, 5) is 22.1. The van der Waals surface area contributed by atoms with E-state index in [1.165, 1.54) is 39.2 Å². The molecule has 4 heterocycles. The Balaban J connectivity index is 1.41. The molecule has 3 fully saturated rings. The molecule has 8 nitrogen and oxygen atoms in total. The van der Waals surface area contributed by atoms with Gasteiger partial charge in [0.15, 0.2) is 11.4 Å². The van der Waals surface area contributed by atoms with E-state index in [-0.39, 0.29) is 17.9 Å². The van der Waals surface area contributed by atoms with Crippen molar-refractivity contribution in [1.29, 1.82) is 0 Å². The van der Waals surface area contributed by atoms with Crippen LogP contribution in [-0.4, -0.2) is 74.6 Å². The molecule has 2 aromatic rings. The highest BCUT2D eigenvalue weighted by Crippen LogP contribution is 2.65. The number of esters is 1. The zero-order chi connectivity index (χ0) is 28.7. The van der Waals surface area contributed by atoms with Crippen molar-refractivity contribution in [3.8, 4) is 5.75 Å². The summed E-state index contributed by atoms with van der Waals surface area (Å²) in [6, 6.07) is 16.5. The molecule has 2 aromatic carbocycles. The molecule has 0 radical (unpaired) electrons. The molecule has 2 saturated heterocycles. The van der Waals surface area contributed by atoms with Gasteiger partial charge in [-0.15, -0.1) is 0 Å². The quantitative estimate of drug-likeness (QED) is 0.477. The first kappa shape index (κ1) is 27.9. The van der Waals surface area contributed by atoms with Crippen LogP contribution in [0.2, 0.25) is 0 Å². The first-order valence-corrected chi connectivity index (χ1v) is 15.8. The fourth-order valence-electron chi connectivity index (χ4n) is 8.50. The summed E-state index contributed by atoms with van der Waals surface area (Å²) in [6.45, 7) is 2.52. The second kappa shape index (κ2) is 11.3. The fraction of sp³-hybridized carbons (Fsp3) is 0.588. The Bertz CT molecular complexity index is 1320. The number of anilines is 1. The number of hydrogen-bond acceptors (Lipinski definition) is 8. The summed E-state index contributed by atoms with van der Waals surface area (Å²) in [5.41, 5.74) is 2.30. The van der Waals surface area contributed by atoms with Crippen LogP contribution in [0.25, 0.3) is 0 Å². The monoisotopic (exact) mass is 573 g/mol. The second-order valence-electron chi connectivity index (χ2n) is 12.5. The van der Waals surface area contributed by atoms with E-state index in [9.17, 15) is 4.79 Å². The van der Waals surface area contributed by atoms with Crippen molar-refractivity contribution >= 4 is 17.4 Å². The number of nitrogens with zero attached hydrogens (tertiary/aromatic N) is 2. The van der Waals surface area contributed by atoms with Gasteiger partial charge >= 0.3 is 5.97 Å². The molecule has 1 saturated carbocycles. The molecule has 5 atom stereocenters. The number of ether oxygens (including phenoxy) is 4. The Morgan fingerprint density at radius 2 is 1.71 bits per heavy atom. The molecule has 0 unspecified atom stereocenters. The second-order valence-corrected chi connectivity index (χ2v) is 12.5. The first-order chi connectivity index (χ1) is 20.6. The Labute approximate surface area is 248 Å². The van der Waals surface area contributed by atoms with Gasteiger partial charge in [-0.2, -0.15) is 0 Å². The number of benzene rings is 2.